The molecule has 1 heterocycles. The Morgan fingerprint density at radius 1 is 1.24 bits per heavy atom. The summed E-state index contributed by atoms with van der Waals surface area (Å²) in [7, 11) is 3.34. The molecule has 0 spiro atoms. The molecule has 3 rings (SSSR count). The fourth-order valence-electron chi connectivity index (χ4n) is 3.95. The minimum Gasteiger partial charge on any atom is -0.493 e. The Bertz CT molecular complexity index is 577. The molecule has 2 bridgehead atoms. The number of ether oxygens (including phenoxy) is 4. The van der Waals surface area contributed by atoms with Gasteiger partial charge < -0.3 is 18.9 Å². The molecule has 138 valence electrons. The summed E-state index contributed by atoms with van der Waals surface area (Å²) in [6.45, 7) is 7.08. The van der Waals surface area contributed by atoms with Crippen LogP contribution < -0.4 is 9.47 Å². The van der Waals surface area contributed by atoms with Gasteiger partial charge in [0, 0.05) is 19.1 Å². The van der Waals surface area contributed by atoms with Crippen molar-refractivity contribution in [1.82, 2.24) is 4.90 Å². The lowest BCUT2D eigenvalue weighted by Gasteiger charge is -2.31. The van der Waals surface area contributed by atoms with Crippen LogP contribution in [0.4, 0.5) is 0 Å². The second-order valence-electron chi connectivity index (χ2n) is 6.62. The Labute approximate surface area is 150 Å². The van der Waals surface area contributed by atoms with Crippen molar-refractivity contribution in [3.63, 3.8) is 0 Å². The van der Waals surface area contributed by atoms with Crippen molar-refractivity contribution in [2.45, 2.75) is 37.5 Å². The van der Waals surface area contributed by atoms with E-state index in [1.165, 1.54) is 5.56 Å². The Morgan fingerprint density at radius 3 is 2.84 bits per heavy atom. The molecule has 0 N–H and O–H groups in total. The Kier molecular flexibility index (Phi) is 6.34. The van der Waals surface area contributed by atoms with Crippen molar-refractivity contribution in [2.24, 2.45) is 0 Å². The minimum absolute atomic E-state index is 0.158. The summed E-state index contributed by atoms with van der Waals surface area (Å²) in [6, 6.07) is 6.59. The fourth-order valence-corrected chi connectivity index (χ4v) is 3.95. The molecular formula is C20H29NO4. The highest BCUT2D eigenvalue weighted by Crippen LogP contribution is 2.32. The SMILES string of the molecule is C=CCO[C@H]1[C@H]2CC[C@H]1OCCN2CCc1ccc(OC)c(OC)c1. The molecule has 25 heavy (non-hydrogen) atoms. The summed E-state index contributed by atoms with van der Waals surface area (Å²) in [5.41, 5.74) is 1.25. The van der Waals surface area contributed by atoms with Crippen LogP contribution in [0.3, 0.4) is 0 Å². The van der Waals surface area contributed by atoms with Gasteiger partial charge in [-0.25, -0.2) is 0 Å². The molecule has 1 aliphatic heterocycles. The largest absolute Gasteiger partial charge is 0.493 e. The standard InChI is InChI=1S/C20H29NO4/c1-4-12-25-20-16-6-8-18(20)24-13-11-21(16)10-9-15-5-7-17(22-2)19(14-15)23-3/h4-5,7,14,16,18,20H,1,6,8-13H2,2-3H3/t16-,18-,20+/m1/s1. The van der Waals surface area contributed by atoms with Gasteiger partial charge in [0.15, 0.2) is 11.5 Å². The summed E-state index contributed by atoms with van der Waals surface area (Å²) in [5, 5.41) is 0. The van der Waals surface area contributed by atoms with Crippen LogP contribution in [0.25, 0.3) is 0 Å². The van der Waals surface area contributed by atoms with E-state index in [9.17, 15) is 0 Å². The molecule has 5 heteroatoms. The summed E-state index contributed by atoms with van der Waals surface area (Å²) in [4.78, 5) is 2.53. The average Bonchev–Trinajstić information content (AvgIpc) is 2.95. The second-order valence-corrected chi connectivity index (χ2v) is 6.62. The van der Waals surface area contributed by atoms with E-state index in [0.717, 1.165) is 50.5 Å². The van der Waals surface area contributed by atoms with Crippen molar-refractivity contribution < 1.29 is 18.9 Å². The van der Waals surface area contributed by atoms with Gasteiger partial charge in [0.25, 0.3) is 0 Å². The van der Waals surface area contributed by atoms with Crippen molar-refractivity contribution in [1.29, 1.82) is 0 Å². The summed E-state index contributed by atoms with van der Waals surface area (Å²) >= 11 is 0. The van der Waals surface area contributed by atoms with Crippen LogP contribution in [0, 0.1) is 0 Å². The normalized spacial score (nSPS) is 26.2. The molecule has 5 nitrogen and oxygen atoms in total. The lowest BCUT2D eigenvalue weighted by atomic mass is 10.1. The molecular weight excluding hydrogens is 318 g/mol. The maximum absolute atomic E-state index is 6.03. The zero-order valence-electron chi connectivity index (χ0n) is 15.3. The molecule has 1 aliphatic carbocycles. The van der Waals surface area contributed by atoms with Crippen LogP contribution in [0.2, 0.25) is 0 Å². The Morgan fingerprint density at radius 2 is 2.08 bits per heavy atom. The zero-order valence-corrected chi connectivity index (χ0v) is 15.3. The van der Waals surface area contributed by atoms with Gasteiger partial charge in [0.2, 0.25) is 0 Å². The lowest BCUT2D eigenvalue weighted by molar-refractivity contribution is -0.0443. The molecule has 0 unspecified atom stereocenters. The van der Waals surface area contributed by atoms with Crippen LogP contribution in [0.5, 0.6) is 11.5 Å². The number of hydrogen-bond acceptors (Lipinski definition) is 5. The fraction of sp³-hybridized carbons (Fsp3) is 0.600. The second kappa shape index (κ2) is 8.70. The molecule has 0 aromatic heterocycles. The number of benzene rings is 1. The van der Waals surface area contributed by atoms with Gasteiger partial charge in [-0.2, -0.15) is 0 Å². The van der Waals surface area contributed by atoms with Crippen LogP contribution >= 0.6 is 0 Å². The summed E-state index contributed by atoms with van der Waals surface area (Å²) in [5.74, 6) is 1.55. The monoisotopic (exact) mass is 347 g/mol. The van der Waals surface area contributed by atoms with Gasteiger partial charge in [-0.1, -0.05) is 12.1 Å². The number of rotatable bonds is 8. The van der Waals surface area contributed by atoms with Gasteiger partial charge in [0.05, 0.1) is 39.6 Å². The quantitative estimate of drug-likeness (QED) is 0.676. The highest BCUT2D eigenvalue weighted by atomic mass is 16.5. The molecule has 1 aromatic rings. The van der Waals surface area contributed by atoms with Crippen LogP contribution in [0.15, 0.2) is 30.9 Å². The van der Waals surface area contributed by atoms with E-state index in [1.54, 1.807) is 14.2 Å². The first-order chi connectivity index (χ1) is 12.3. The first-order valence-corrected chi connectivity index (χ1v) is 9.06. The van der Waals surface area contributed by atoms with Gasteiger partial charge in [-0.15, -0.1) is 6.58 Å². The number of nitrogens with zero attached hydrogens (tertiary/aromatic N) is 1. The molecule has 2 fully saturated rings. The van der Waals surface area contributed by atoms with Crippen LogP contribution in [0.1, 0.15) is 18.4 Å². The van der Waals surface area contributed by atoms with Gasteiger partial charge in [0.1, 0.15) is 0 Å². The van der Waals surface area contributed by atoms with Crippen molar-refractivity contribution >= 4 is 0 Å². The van der Waals surface area contributed by atoms with Crippen molar-refractivity contribution in [3.05, 3.63) is 36.4 Å². The first kappa shape index (κ1) is 18.2. The zero-order chi connectivity index (χ0) is 17.6. The topological polar surface area (TPSA) is 40.2 Å². The summed E-state index contributed by atoms with van der Waals surface area (Å²) in [6.07, 6.45) is 5.40. The number of fused-ring (bicyclic) bond motifs is 2. The molecule has 3 atom stereocenters. The predicted octanol–water partition coefficient (Wildman–Crippen LogP) is 2.68. The maximum atomic E-state index is 6.03. The summed E-state index contributed by atoms with van der Waals surface area (Å²) < 4.78 is 22.8. The third-order valence-electron chi connectivity index (χ3n) is 5.21. The van der Waals surface area contributed by atoms with Gasteiger partial charge in [-0.05, 0) is 37.0 Å². The number of hydrogen-bond donors (Lipinski definition) is 0. The number of methoxy groups -OCH3 is 2. The third-order valence-corrected chi connectivity index (χ3v) is 5.21. The molecule has 1 saturated carbocycles. The third kappa shape index (κ3) is 4.17. The predicted molar refractivity (Wildman–Crippen MR) is 97.5 cm³/mol. The molecule has 0 radical (unpaired) electrons. The average molecular weight is 347 g/mol. The first-order valence-electron chi connectivity index (χ1n) is 9.06. The Balaban J connectivity index is 1.64. The van der Waals surface area contributed by atoms with Crippen molar-refractivity contribution in [3.8, 4) is 11.5 Å². The Hall–Kier alpha value is -1.56. The van der Waals surface area contributed by atoms with E-state index in [0.29, 0.717) is 12.6 Å². The highest BCUT2D eigenvalue weighted by molar-refractivity contribution is 5.42. The minimum atomic E-state index is 0.158. The van der Waals surface area contributed by atoms with E-state index in [2.05, 4.69) is 23.6 Å². The van der Waals surface area contributed by atoms with E-state index >= 15 is 0 Å². The van der Waals surface area contributed by atoms with Crippen LogP contribution in [-0.4, -0.2) is 63.7 Å². The van der Waals surface area contributed by atoms with Gasteiger partial charge in [-0.3, -0.25) is 4.90 Å². The smallest absolute Gasteiger partial charge is 0.160 e. The van der Waals surface area contributed by atoms with E-state index in [1.807, 2.05) is 12.1 Å². The molecule has 1 saturated heterocycles. The molecule has 1 aromatic carbocycles. The molecule has 2 aliphatic rings. The highest BCUT2D eigenvalue weighted by Gasteiger charge is 2.42. The molecule has 0 amide bonds. The van der Waals surface area contributed by atoms with E-state index < -0.39 is 0 Å². The maximum Gasteiger partial charge on any atom is 0.160 e. The van der Waals surface area contributed by atoms with E-state index in [-0.39, 0.29) is 12.2 Å². The van der Waals surface area contributed by atoms with E-state index in [4.69, 9.17) is 18.9 Å². The van der Waals surface area contributed by atoms with Gasteiger partial charge >= 0.3 is 0 Å². The van der Waals surface area contributed by atoms with Crippen LogP contribution in [-0.2, 0) is 15.9 Å². The lowest BCUT2D eigenvalue weighted by Crippen LogP contribution is -2.44. The van der Waals surface area contributed by atoms with Crippen molar-refractivity contribution in [2.75, 3.05) is 40.5 Å².